The molecule has 0 N–H and O–H groups in total. The summed E-state index contributed by atoms with van der Waals surface area (Å²) in [6.45, 7) is 1.81. The highest BCUT2D eigenvalue weighted by atomic mass is 79.9. The van der Waals surface area contributed by atoms with Crippen LogP contribution in [-0.2, 0) is 9.53 Å². The van der Waals surface area contributed by atoms with Gasteiger partial charge in [-0.3, -0.25) is 19.9 Å². The van der Waals surface area contributed by atoms with Crippen LogP contribution in [0.4, 0.5) is 11.4 Å². The average molecular weight is 340 g/mol. The molecule has 0 saturated heterocycles. The van der Waals surface area contributed by atoms with Crippen LogP contribution in [0, 0.1) is 27.4 Å². The Hall–Kier alpha value is -2.27. The number of esters is 1. The standard InChI is InChI=1S/C12H10BrN3O4/c1-2-20-12(17)8(6-14)7-15-11-4-3-9(16(18)19)5-10(11)13/h3-5,7-8H,2H2,1H3. The van der Waals surface area contributed by atoms with Crippen molar-refractivity contribution in [3.05, 3.63) is 32.8 Å². The Kier molecular flexibility index (Phi) is 5.80. The number of nitriles is 1. The topological polar surface area (TPSA) is 106 Å². The number of hydrogen-bond acceptors (Lipinski definition) is 6. The van der Waals surface area contributed by atoms with Crippen molar-refractivity contribution < 1.29 is 14.5 Å². The van der Waals surface area contributed by atoms with E-state index in [2.05, 4.69) is 20.9 Å². The van der Waals surface area contributed by atoms with Gasteiger partial charge in [-0.05, 0) is 28.9 Å². The molecular weight excluding hydrogens is 330 g/mol. The maximum atomic E-state index is 11.4. The van der Waals surface area contributed by atoms with Crippen LogP contribution in [0.3, 0.4) is 0 Å². The summed E-state index contributed by atoms with van der Waals surface area (Å²) in [5.41, 5.74) is 0.290. The highest BCUT2D eigenvalue weighted by Gasteiger charge is 2.16. The minimum absolute atomic E-state index is 0.0851. The minimum atomic E-state index is -1.11. The SMILES string of the molecule is CCOC(=O)C(C#N)C=Nc1ccc([N+](=O)[O-])cc1Br. The van der Waals surface area contributed by atoms with Crippen LogP contribution < -0.4 is 0 Å². The van der Waals surface area contributed by atoms with Gasteiger partial charge in [0.15, 0.2) is 5.92 Å². The molecule has 0 aliphatic rings. The fourth-order valence-corrected chi connectivity index (χ4v) is 1.72. The number of nitro benzene ring substituents is 1. The first-order valence-corrected chi connectivity index (χ1v) is 6.33. The lowest BCUT2D eigenvalue weighted by molar-refractivity contribution is -0.384. The average Bonchev–Trinajstić information content (AvgIpc) is 2.41. The van der Waals surface area contributed by atoms with Crippen molar-refractivity contribution in [1.29, 1.82) is 5.26 Å². The van der Waals surface area contributed by atoms with Crippen molar-refractivity contribution in [3.8, 4) is 6.07 Å². The van der Waals surface area contributed by atoms with E-state index in [1.54, 1.807) is 13.0 Å². The Balaban J connectivity index is 2.92. The van der Waals surface area contributed by atoms with E-state index < -0.39 is 16.8 Å². The smallest absolute Gasteiger partial charge is 0.328 e. The number of nitrogens with zero attached hydrogens (tertiary/aromatic N) is 3. The first kappa shape index (κ1) is 15.8. The van der Waals surface area contributed by atoms with E-state index in [0.29, 0.717) is 10.2 Å². The molecular formula is C12H10BrN3O4. The second-order valence-corrected chi connectivity index (χ2v) is 4.38. The van der Waals surface area contributed by atoms with Crippen LogP contribution in [0.5, 0.6) is 0 Å². The first-order chi connectivity index (χ1) is 9.49. The summed E-state index contributed by atoms with van der Waals surface area (Å²) in [6, 6.07) is 5.74. The van der Waals surface area contributed by atoms with E-state index in [1.807, 2.05) is 0 Å². The van der Waals surface area contributed by atoms with Crippen LogP contribution in [0.1, 0.15) is 6.92 Å². The van der Waals surface area contributed by atoms with Crippen LogP contribution in [0.15, 0.2) is 27.7 Å². The van der Waals surface area contributed by atoms with Crippen molar-refractivity contribution in [2.24, 2.45) is 10.9 Å². The molecule has 0 bridgehead atoms. The molecule has 0 aliphatic carbocycles. The van der Waals surface area contributed by atoms with Crippen molar-refractivity contribution in [2.75, 3.05) is 6.61 Å². The summed E-state index contributed by atoms with van der Waals surface area (Å²) in [4.78, 5) is 25.4. The van der Waals surface area contributed by atoms with E-state index in [4.69, 9.17) is 10.00 Å². The van der Waals surface area contributed by atoms with Crippen molar-refractivity contribution >= 4 is 39.5 Å². The number of halogens is 1. The Bertz CT molecular complexity index is 595. The summed E-state index contributed by atoms with van der Waals surface area (Å²) in [7, 11) is 0. The molecule has 1 aromatic rings. The first-order valence-electron chi connectivity index (χ1n) is 5.54. The number of ether oxygens (including phenoxy) is 1. The number of nitro groups is 1. The molecule has 0 aliphatic heterocycles. The number of hydrogen-bond donors (Lipinski definition) is 0. The number of carbonyl (C=O) groups is 1. The van der Waals surface area contributed by atoms with E-state index >= 15 is 0 Å². The fraction of sp³-hybridized carbons (Fsp3) is 0.250. The largest absolute Gasteiger partial charge is 0.465 e. The van der Waals surface area contributed by atoms with E-state index in [1.165, 1.54) is 18.2 Å². The summed E-state index contributed by atoms with van der Waals surface area (Å²) in [5, 5.41) is 19.4. The molecule has 8 heteroatoms. The van der Waals surface area contributed by atoms with Gasteiger partial charge in [0.05, 0.1) is 23.3 Å². The molecule has 0 amide bonds. The van der Waals surface area contributed by atoms with Gasteiger partial charge in [-0.1, -0.05) is 0 Å². The van der Waals surface area contributed by atoms with Crippen LogP contribution in [0.25, 0.3) is 0 Å². The fourth-order valence-electron chi connectivity index (χ4n) is 1.25. The second kappa shape index (κ2) is 7.35. The van der Waals surface area contributed by atoms with Crippen LogP contribution in [0.2, 0.25) is 0 Å². The molecule has 0 radical (unpaired) electrons. The number of non-ortho nitro benzene ring substituents is 1. The highest BCUT2D eigenvalue weighted by Crippen LogP contribution is 2.29. The lowest BCUT2D eigenvalue weighted by Gasteiger charge is -2.03. The summed E-state index contributed by atoms with van der Waals surface area (Å²) >= 11 is 3.14. The monoisotopic (exact) mass is 339 g/mol. The summed E-state index contributed by atoms with van der Waals surface area (Å²) in [5.74, 6) is -1.80. The molecule has 0 saturated carbocycles. The second-order valence-electron chi connectivity index (χ2n) is 3.53. The number of carbonyl (C=O) groups excluding carboxylic acids is 1. The maximum absolute atomic E-state index is 11.4. The lowest BCUT2D eigenvalue weighted by atomic mass is 10.2. The molecule has 1 atom stereocenters. The quantitative estimate of drug-likeness (QED) is 0.355. The van der Waals surface area contributed by atoms with Gasteiger partial charge in [0.1, 0.15) is 0 Å². The Morgan fingerprint density at radius 3 is 2.90 bits per heavy atom. The maximum Gasteiger partial charge on any atom is 0.328 e. The van der Waals surface area contributed by atoms with Crippen molar-refractivity contribution in [3.63, 3.8) is 0 Å². The van der Waals surface area contributed by atoms with Gasteiger partial charge in [0.2, 0.25) is 0 Å². The van der Waals surface area contributed by atoms with E-state index in [-0.39, 0.29) is 12.3 Å². The molecule has 104 valence electrons. The van der Waals surface area contributed by atoms with Gasteiger partial charge in [0, 0.05) is 22.8 Å². The predicted octanol–water partition coefficient (Wildman–Crippen LogP) is 2.76. The van der Waals surface area contributed by atoms with E-state index in [9.17, 15) is 14.9 Å². The zero-order valence-corrected chi connectivity index (χ0v) is 12.0. The Labute approximate surface area is 123 Å². The molecule has 0 heterocycles. The van der Waals surface area contributed by atoms with Gasteiger partial charge in [-0.25, -0.2) is 0 Å². The third-order valence-corrected chi connectivity index (χ3v) is 2.82. The Morgan fingerprint density at radius 2 is 2.40 bits per heavy atom. The zero-order valence-electron chi connectivity index (χ0n) is 10.4. The summed E-state index contributed by atoms with van der Waals surface area (Å²) < 4.78 is 5.10. The molecule has 0 aromatic heterocycles. The number of aliphatic imine (C=N–C) groups is 1. The molecule has 20 heavy (non-hydrogen) atoms. The molecule has 0 spiro atoms. The van der Waals surface area contributed by atoms with Gasteiger partial charge in [0.25, 0.3) is 5.69 Å². The summed E-state index contributed by atoms with van der Waals surface area (Å²) in [6.07, 6.45) is 1.14. The highest BCUT2D eigenvalue weighted by molar-refractivity contribution is 9.10. The van der Waals surface area contributed by atoms with E-state index in [0.717, 1.165) is 6.21 Å². The minimum Gasteiger partial charge on any atom is -0.465 e. The predicted molar refractivity (Wildman–Crippen MR) is 74.7 cm³/mol. The third kappa shape index (κ3) is 4.13. The Morgan fingerprint density at radius 1 is 1.70 bits per heavy atom. The lowest BCUT2D eigenvalue weighted by Crippen LogP contribution is -2.17. The molecule has 7 nitrogen and oxygen atoms in total. The van der Waals surface area contributed by atoms with Crippen LogP contribution in [-0.4, -0.2) is 23.7 Å². The zero-order chi connectivity index (χ0) is 15.1. The van der Waals surface area contributed by atoms with Gasteiger partial charge in [-0.2, -0.15) is 5.26 Å². The van der Waals surface area contributed by atoms with Crippen molar-refractivity contribution in [1.82, 2.24) is 0 Å². The molecule has 1 rings (SSSR count). The van der Waals surface area contributed by atoms with Crippen LogP contribution >= 0.6 is 15.9 Å². The van der Waals surface area contributed by atoms with Gasteiger partial charge < -0.3 is 4.74 Å². The van der Waals surface area contributed by atoms with Gasteiger partial charge in [-0.15, -0.1) is 0 Å². The van der Waals surface area contributed by atoms with Gasteiger partial charge >= 0.3 is 5.97 Å². The number of rotatable bonds is 5. The molecule has 1 unspecified atom stereocenters. The molecule has 0 fully saturated rings. The third-order valence-electron chi connectivity index (χ3n) is 2.18. The number of benzene rings is 1. The van der Waals surface area contributed by atoms with Crippen molar-refractivity contribution in [2.45, 2.75) is 6.92 Å². The molecule has 1 aromatic carbocycles. The normalized spacial score (nSPS) is 11.8.